The highest BCUT2D eigenvalue weighted by molar-refractivity contribution is 7.78. The molecule has 1 fully saturated rings. The van der Waals surface area contributed by atoms with Crippen LogP contribution in [0, 0.1) is 0 Å². The van der Waals surface area contributed by atoms with E-state index in [1.54, 1.807) is 5.49 Å². The van der Waals surface area contributed by atoms with E-state index in [2.05, 4.69) is 17.1 Å². The van der Waals surface area contributed by atoms with Crippen LogP contribution in [0.15, 0.2) is 30.3 Å². The zero-order valence-electron chi connectivity index (χ0n) is 9.71. The molecular weight excluding hydrogens is 232 g/mol. The third-order valence-corrected chi connectivity index (χ3v) is 3.21. The zero-order chi connectivity index (χ0) is 12.1. The molecule has 0 N–H and O–H groups in total. The molecule has 0 spiro atoms. The molecule has 0 aromatic heterocycles. The van der Waals surface area contributed by atoms with E-state index in [1.165, 1.54) is 5.56 Å². The van der Waals surface area contributed by atoms with E-state index in [-0.39, 0.29) is 0 Å². The molecule has 0 bridgehead atoms. The van der Waals surface area contributed by atoms with E-state index in [4.69, 9.17) is 12.2 Å². The summed E-state index contributed by atoms with van der Waals surface area (Å²) in [6.45, 7) is 2.33. The van der Waals surface area contributed by atoms with Crippen molar-refractivity contribution in [3.63, 3.8) is 0 Å². The number of carbonyl (C=O) groups excluding carboxylic acids is 1. The number of thiocarbonyl (C=S) groups is 1. The molecule has 3 nitrogen and oxygen atoms in total. The molecular formula is C13H16N2OS. The fourth-order valence-electron chi connectivity index (χ4n) is 1.98. The van der Waals surface area contributed by atoms with E-state index >= 15 is 0 Å². The van der Waals surface area contributed by atoms with Crippen molar-refractivity contribution in [2.75, 3.05) is 13.1 Å². The smallest absolute Gasteiger partial charge is 0.135 e. The van der Waals surface area contributed by atoms with Crippen molar-refractivity contribution in [1.29, 1.82) is 0 Å². The third kappa shape index (κ3) is 3.35. The number of rotatable bonds is 4. The van der Waals surface area contributed by atoms with Crippen LogP contribution in [-0.4, -0.2) is 34.4 Å². The van der Waals surface area contributed by atoms with Crippen molar-refractivity contribution < 1.29 is 4.79 Å². The Kier molecular flexibility index (Phi) is 4.23. The van der Waals surface area contributed by atoms with E-state index in [0.717, 1.165) is 19.6 Å². The van der Waals surface area contributed by atoms with Gasteiger partial charge in [0.2, 0.25) is 0 Å². The lowest BCUT2D eigenvalue weighted by Gasteiger charge is -2.35. The van der Waals surface area contributed by atoms with E-state index in [1.807, 2.05) is 23.2 Å². The van der Waals surface area contributed by atoms with Crippen molar-refractivity contribution in [3.8, 4) is 0 Å². The maximum absolute atomic E-state index is 11.2. The second-order valence-corrected chi connectivity index (χ2v) is 4.39. The van der Waals surface area contributed by atoms with Crippen LogP contribution in [0.2, 0.25) is 0 Å². The van der Waals surface area contributed by atoms with E-state index in [9.17, 15) is 4.79 Å². The molecule has 1 aromatic rings. The number of benzene rings is 1. The predicted octanol–water partition coefficient (Wildman–Crippen LogP) is 2.03. The van der Waals surface area contributed by atoms with Crippen molar-refractivity contribution in [3.05, 3.63) is 35.9 Å². The standard InChI is InChI=1S/C13H16N2OS/c16-13-6-8-14(9-7-13)15(11-17)10-12-4-2-1-3-5-12/h1-5,11H,6-10H2. The number of carbonyl (C=O) groups is 1. The Bertz CT molecular complexity index is 384. The lowest BCUT2D eigenvalue weighted by atomic mass is 10.1. The summed E-state index contributed by atoms with van der Waals surface area (Å²) in [6, 6.07) is 10.2. The summed E-state index contributed by atoms with van der Waals surface area (Å²) in [6.07, 6.45) is 1.27. The van der Waals surface area contributed by atoms with Gasteiger partial charge in [0.25, 0.3) is 0 Å². The molecule has 0 amide bonds. The monoisotopic (exact) mass is 248 g/mol. The van der Waals surface area contributed by atoms with Gasteiger partial charge in [0, 0.05) is 25.9 Å². The minimum atomic E-state index is 0.352. The summed E-state index contributed by atoms with van der Waals surface area (Å²) in [5, 5.41) is 4.18. The number of hydrazine groups is 1. The Hall–Kier alpha value is -1.26. The lowest BCUT2D eigenvalue weighted by molar-refractivity contribution is -0.124. The molecule has 1 heterocycles. The number of ketones is 1. The highest BCUT2D eigenvalue weighted by Crippen LogP contribution is 2.11. The van der Waals surface area contributed by atoms with E-state index < -0.39 is 0 Å². The second-order valence-electron chi connectivity index (χ2n) is 4.18. The molecule has 2 rings (SSSR count). The average Bonchev–Trinajstić information content (AvgIpc) is 2.38. The molecule has 1 aliphatic heterocycles. The summed E-state index contributed by atoms with van der Waals surface area (Å²) < 4.78 is 0. The van der Waals surface area contributed by atoms with Crippen LogP contribution in [0.1, 0.15) is 18.4 Å². The first-order valence-electron chi connectivity index (χ1n) is 5.82. The zero-order valence-corrected chi connectivity index (χ0v) is 10.5. The number of hydrogen-bond acceptors (Lipinski definition) is 3. The Labute approximate surface area is 107 Å². The summed E-state index contributed by atoms with van der Waals surface area (Å²) in [4.78, 5) is 11.2. The third-order valence-electron chi connectivity index (χ3n) is 2.97. The topological polar surface area (TPSA) is 23.6 Å². The Morgan fingerprint density at radius 1 is 1.24 bits per heavy atom. The second kappa shape index (κ2) is 5.89. The first-order chi connectivity index (χ1) is 8.29. The van der Waals surface area contributed by atoms with Crippen LogP contribution < -0.4 is 0 Å². The van der Waals surface area contributed by atoms with Crippen LogP contribution in [0.25, 0.3) is 0 Å². The van der Waals surface area contributed by atoms with Gasteiger partial charge in [0.1, 0.15) is 5.78 Å². The number of piperidine rings is 1. The summed E-state index contributed by atoms with van der Waals surface area (Å²) in [5.74, 6) is 0.352. The van der Waals surface area contributed by atoms with Crippen LogP contribution in [-0.2, 0) is 11.3 Å². The maximum atomic E-state index is 11.2. The molecule has 90 valence electrons. The van der Waals surface area contributed by atoms with Gasteiger partial charge < -0.3 is 0 Å². The molecule has 0 radical (unpaired) electrons. The van der Waals surface area contributed by atoms with Crippen molar-refractivity contribution in [2.24, 2.45) is 0 Å². The maximum Gasteiger partial charge on any atom is 0.135 e. The van der Waals surface area contributed by atoms with Gasteiger partial charge in [-0.05, 0) is 5.56 Å². The lowest BCUT2D eigenvalue weighted by Crippen LogP contribution is -2.45. The predicted molar refractivity (Wildman–Crippen MR) is 71.5 cm³/mol. The van der Waals surface area contributed by atoms with Gasteiger partial charge in [-0.25, -0.2) is 5.01 Å². The van der Waals surface area contributed by atoms with Crippen molar-refractivity contribution in [2.45, 2.75) is 19.4 Å². The highest BCUT2D eigenvalue weighted by Gasteiger charge is 2.19. The summed E-state index contributed by atoms with van der Waals surface area (Å²) in [5.41, 5.74) is 2.90. The Morgan fingerprint density at radius 2 is 1.88 bits per heavy atom. The van der Waals surface area contributed by atoms with Gasteiger partial charge >= 0.3 is 0 Å². The highest BCUT2D eigenvalue weighted by atomic mass is 32.1. The van der Waals surface area contributed by atoms with Crippen LogP contribution >= 0.6 is 12.2 Å². The minimum Gasteiger partial charge on any atom is -0.300 e. The minimum absolute atomic E-state index is 0.352. The first kappa shape index (κ1) is 12.2. The van der Waals surface area contributed by atoms with Gasteiger partial charge in [-0.3, -0.25) is 9.80 Å². The van der Waals surface area contributed by atoms with Gasteiger partial charge in [-0.2, -0.15) is 0 Å². The molecule has 4 heteroatoms. The van der Waals surface area contributed by atoms with Gasteiger partial charge in [-0.15, -0.1) is 0 Å². The van der Waals surface area contributed by atoms with Crippen molar-refractivity contribution >= 4 is 23.5 Å². The van der Waals surface area contributed by atoms with Crippen LogP contribution in [0.4, 0.5) is 0 Å². The molecule has 1 saturated heterocycles. The van der Waals surface area contributed by atoms with Gasteiger partial charge in [0.05, 0.1) is 12.0 Å². The number of hydrogen-bond donors (Lipinski definition) is 0. The van der Waals surface area contributed by atoms with Crippen molar-refractivity contribution in [1.82, 2.24) is 10.0 Å². The summed E-state index contributed by atoms with van der Waals surface area (Å²) in [7, 11) is 0. The molecule has 17 heavy (non-hydrogen) atoms. The largest absolute Gasteiger partial charge is 0.300 e. The fourth-order valence-corrected chi connectivity index (χ4v) is 2.18. The SMILES string of the molecule is O=C1CCN(N(C=S)Cc2ccccc2)CC1. The van der Waals surface area contributed by atoms with Crippen LogP contribution in [0.5, 0.6) is 0 Å². The Morgan fingerprint density at radius 3 is 2.47 bits per heavy atom. The first-order valence-corrected chi connectivity index (χ1v) is 6.29. The molecule has 0 saturated carbocycles. The average molecular weight is 248 g/mol. The molecule has 0 atom stereocenters. The normalized spacial score (nSPS) is 16.8. The summed E-state index contributed by atoms with van der Waals surface area (Å²) >= 11 is 5.06. The van der Waals surface area contributed by atoms with Gasteiger partial charge in [0.15, 0.2) is 0 Å². The van der Waals surface area contributed by atoms with Crippen LogP contribution in [0.3, 0.4) is 0 Å². The fraction of sp³-hybridized carbons (Fsp3) is 0.385. The molecule has 0 aliphatic carbocycles. The van der Waals surface area contributed by atoms with E-state index in [0.29, 0.717) is 18.6 Å². The quantitative estimate of drug-likeness (QED) is 0.761. The molecule has 1 aromatic carbocycles. The molecule has 1 aliphatic rings. The number of nitrogens with zero attached hydrogens (tertiary/aromatic N) is 2. The van der Waals surface area contributed by atoms with Gasteiger partial charge in [-0.1, -0.05) is 42.5 Å². The molecule has 0 unspecified atom stereocenters. The number of Topliss-reactive ketones (excluding diaryl/α,β-unsaturated/α-hetero) is 1. The Balaban J connectivity index is 1.97.